The summed E-state index contributed by atoms with van der Waals surface area (Å²) < 4.78 is 49.3. The van der Waals surface area contributed by atoms with Crippen molar-refractivity contribution in [3.8, 4) is 11.5 Å². The van der Waals surface area contributed by atoms with Gasteiger partial charge < -0.3 is 24.5 Å². The number of carboxylic acids is 1. The number of anilines is 2. The minimum atomic E-state index is -4.77. The van der Waals surface area contributed by atoms with E-state index < -0.39 is 12.3 Å². The Labute approximate surface area is 212 Å². The maximum atomic E-state index is 12.6. The molecule has 8 nitrogen and oxygen atoms in total. The van der Waals surface area contributed by atoms with Crippen LogP contribution in [-0.4, -0.2) is 39.1 Å². The van der Waals surface area contributed by atoms with Crippen LogP contribution in [-0.2, 0) is 11.2 Å². The Balaban J connectivity index is 1.77. The predicted molar refractivity (Wildman–Crippen MR) is 132 cm³/mol. The van der Waals surface area contributed by atoms with Gasteiger partial charge in [0.25, 0.3) is 0 Å². The van der Waals surface area contributed by atoms with Gasteiger partial charge in [-0.25, -0.2) is 4.98 Å². The van der Waals surface area contributed by atoms with Crippen LogP contribution in [0.4, 0.5) is 24.8 Å². The second-order valence-electron chi connectivity index (χ2n) is 10.4. The van der Waals surface area contributed by atoms with Crippen molar-refractivity contribution in [1.82, 2.24) is 14.5 Å². The monoisotopic (exact) mass is 520 g/mol. The number of fused-ring (bicyclic) bond motifs is 1. The number of carboxylic acid groups (broad SMARTS) is 1. The number of nitrogens with zero attached hydrogens (tertiary/aromatic N) is 3. The molecule has 200 valence electrons. The van der Waals surface area contributed by atoms with Gasteiger partial charge in [0.15, 0.2) is 5.65 Å². The number of pyridine rings is 1. The van der Waals surface area contributed by atoms with E-state index >= 15 is 0 Å². The summed E-state index contributed by atoms with van der Waals surface area (Å²) in [4.78, 5) is 20.5. The molecule has 0 radical (unpaired) electrons. The van der Waals surface area contributed by atoms with Crippen LogP contribution >= 0.6 is 0 Å². The van der Waals surface area contributed by atoms with Gasteiger partial charge in [-0.15, -0.1) is 13.2 Å². The summed E-state index contributed by atoms with van der Waals surface area (Å²) in [5.41, 5.74) is 2.32. The zero-order valence-corrected chi connectivity index (χ0v) is 21.2. The molecule has 1 saturated carbocycles. The van der Waals surface area contributed by atoms with Crippen LogP contribution in [0.3, 0.4) is 0 Å². The summed E-state index contributed by atoms with van der Waals surface area (Å²) in [6, 6.07) is 7.38. The summed E-state index contributed by atoms with van der Waals surface area (Å²) >= 11 is 0. The van der Waals surface area contributed by atoms with E-state index in [2.05, 4.69) is 40.4 Å². The van der Waals surface area contributed by atoms with E-state index in [-0.39, 0.29) is 30.0 Å². The molecular weight excluding hydrogens is 489 g/mol. The van der Waals surface area contributed by atoms with Crippen LogP contribution in [0.25, 0.3) is 11.2 Å². The number of alkyl halides is 3. The topological polar surface area (TPSA) is 98.5 Å². The standard InChI is InChI=1S/C26H31F3N4O4/c1-15-11-17(14-25(2,3)13-15)33-20-12-21(36-4)19(9-10-22(34)35)31-23(20)32-24(33)30-16-5-7-18(8-6-16)37-26(27,28)29/h5-8,12,15,17H,9-11,13-14H2,1-4H3,(H,34,35)(H,30,31,32)/t15-,17?/m1/s1. The molecule has 1 unspecified atom stereocenters. The van der Waals surface area contributed by atoms with Gasteiger partial charge in [0, 0.05) is 24.2 Å². The van der Waals surface area contributed by atoms with Crippen molar-refractivity contribution in [3.05, 3.63) is 36.0 Å². The molecule has 37 heavy (non-hydrogen) atoms. The number of aromatic nitrogens is 3. The van der Waals surface area contributed by atoms with Crippen molar-refractivity contribution in [3.63, 3.8) is 0 Å². The minimum absolute atomic E-state index is 0.0930. The SMILES string of the molecule is COc1cc2c(nc1CCC(=O)O)nc(Nc1ccc(OC(F)(F)F)cc1)n2C1C[C@@H](C)CC(C)(C)C1. The number of ether oxygens (including phenoxy) is 2. The Morgan fingerprint density at radius 1 is 1.22 bits per heavy atom. The van der Waals surface area contributed by atoms with E-state index in [4.69, 9.17) is 14.8 Å². The van der Waals surface area contributed by atoms with Gasteiger partial charge >= 0.3 is 12.3 Å². The number of imidazole rings is 1. The number of halogens is 3. The number of hydrogen-bond acceptors (Lipinski definition) is 6. The molecule has 2 heterocycles. The maximum absolute atomic E-state index is 12.6. The van der Waals surface area contributed by atoms with Crippen LogP contribution in [0.2, 0.25) is 0 Å². The number of nitrogens with one attached hydrogen (secondary N) is 1. The average molecular weight is 521 g/mol. The van der Waals surface area contributed by atoms with Gasteiger partial charge in [0.1, 0.15) is 11.5 Å². The van der Waals surface area contributed by atoms with E-state index in [1.807, 2.05) is 6.07 Å². The summed E-state index contributed by atoms with van der Waals surface area (Å²) in [7, 11) is 1.52. The molecule has 0 saturated heterocycles. The quantitative estimate of drug-likeness (QED) is 0.350. The Morgan fingerprint density at radius 3 is 2.51 bits per heavy atom. The number of carbonyl (C=O) groups is 1. The number of hydrogen-bond donors (Lipinski definition) is 2. The smallest absolute Gasteiger partial charge is 0.495 e. The molecule has 2 atom stereocenters. The van der Waals surface area contributed by atoms with E-state index in [0.717, 1.165) is 24.8 Å². The largest absolute Gasteiger partial charge is 0.573 e. The first kappa shape index (κ1) is 26.6. The number of aliphatic carboxylic acids is 1. The Kier molecular flexibility index (Phi) is 7.25. The maximum Gasteiger partial charge on any atom is 0.573 e. The van der Waals surface area contributed by atoms with Crippen LogP contribution in [0.15, 0.2) is 30.3 Å². The van der Waals surface area contributed by atoms with Crippen molar-refractivity contribution in [2.75, 3.05) is 12.4 Å². The summed E-state index contributed by atoms with van der Waals surface area (Å²) in [5, 5.41) is 12.4. The fraction of sp³-hybridized carbons (Fsp3) is 0.500. The second-order valence-corrected chi connectivity index (χ2v) is 10.4. The first-order valence-electron chi connectivity index (χ1n) is 12.1. The predicted octanol–water partition coefficient (Wildman–Crippen LogP) is 6.49. The molecule has 0 spiro atoms. The highest BCUT2D eigenvalue weighted by Crippen LogP contribution is 2.46. The highest BCUT2D eigenvalue weighted by molar-refractivity contribution is 5.79. The fourth-order valence-electron chi connectivity index (χ4n) is 5.44. The van der Waals surface area contributed by atoms with Crippen LogP contribution in [0.5, 0.6) is 11.5 Å². The highest BCUT2D eigenvalue weighted by atomic mass is 19.4. The molecule has 0 aliphatic heterocycles. The molecule has 1 aliphatic rings. The molecule has 1 fully saturated rings. The lowest BCUT2D eigenvalue weighted by atomic mass is 9.70. The molecule has 2 aromatic heterocycles. The molecule has 0 amide bonds. The van der Waals surface area contributed by atoms with E-state index in [9.17, 15) is 18.0 Å². The average Bonchev–Trinajstić information content (AvgIpc) is 3.12. The van der Waals surface area contributed by atoms with Crippen molar-refractivity contribution < 1.29 is 32.5 Å². The Bertz CT molecular complexity index is 1270. The minimum Gasteiger partial charge on any atom is -0.495 e. The molecule has 1 aliphatic carbocycles. The summed E-state index contributed by atoms with van der Waals surface area (Å²) in [5.74, 6) is 0.206. The summed E-state index contributed by atoms with van der Waals surface area (Å²) in [6.45, 7) is 6.70. The number of benzene rings is 1. The van der Waals surface area contributed by atoms with Gasteiger partial charge in [-0.1, -0.05) is 20.8 Å². The van der Waals surface area contributed by atoms with Gasteiger partial charge in [0.2, 0.25) is 5.95 Å². The summed E-state index contributed by atoms with van der Waals surface area (Å²) in [6.07, 6.45) is -1.75. The third-order valence-electron chi connectivity index (χ3n) is 6.59. The molecule has 4 rings (SSSR count). The molecule has 1 aromatic carbocycles. The van der Waals surface area contributed by atoms with Crippen molar-refractivity contribution >= 4 is 28.8 Å². The molecule has 2 N–H and O–H groups in total. The van der Waals surface area contributed by atoms with Crippen molar-refractivity contribution in [2.24, 2.45) is 11.3 Å². The van der Waals surface area contributed by atoms with Crippen LogP contribution in [0, 0.1) is 11.3 Å². The van der Waals surface area contributed by atoms with Gasteiger partial charge in [-0.05, 0) is 54.9 Å². The zero-order valence-electron chi connectivity index (χ0n) is 21.2. The van der Waals surface area contributed by atoms with Gasteiger partial charge in [0.05, 0.1) is 24.7 Å². The molecular formula is C26H31F3N4O4. The third kappa shape index (κ3) is 6.44. The number of aryl methyl sites for hydroxylation is 1. The lowest BCUT2D eigenvalue weighted by molar-refractivity contribution is -0.274. The lowest BCUT2D eigenvalue weighted by Crippen LogP contribution is -2.29. The molecule has 0 bridgehead atoms. The van der Waals surface area contributed by atoms with E-state index in [0.29, 0.717) is 34.6 Å². The lowest BCUT2D eigenvalue weighted by Gasteiger charge is -2.40. The number of methoxy groups -OCH3 is 1. The van der Waals surface area contributed by atoms with Gasteiger partial charge in [-0.3, -0.25) is 4.79 Å². The van der Waals surface area contributed by atoms with Crippen LogP contribution < -0.4 is 14.8 Å². The van der Waals surface area contributed by atoms with Crippen molar-refractivity contribution in [1.29, 1.82) is 0 Å². The van der Waals surface area contributed by atoms with Gasteiger partial charge in [-0.2, -0.15) is 4.98 Å². The fourth-order valence-corrected chi connectivity index (χ4v) is 5.44. The highest BCUT2D eigenvalue weighted by Gasteiger charge is 2.35. The number of rotatable bonds is 8. The Morgan fingerprint density at radius 2 is 1.92 bits per heavy atom. The molecule has 11 heteroatoms. The van der Waals surface area contributed by atoms with E-state index in [1.54, 1.807) is 0 Å². The van der Waals surface area contributed by atoms with Crippen molar-refractivity contribution in [2.45, 2.75) is 65.3 Å². The third-order valence-corrected chi connectivity index (χ3v) is 6.59. The normalized spacial score (nSPS) is 19.5. The second kappa shape index (κ2) is 10.1. The molecule has 3 aromatic rings. The first-order chi connectivity index (χ1) is 17.3. The zero-order chi connectivity index (χ0) is 27.0. The van der Waals surface area contributed by atoms with E-state index in [1.165, 1.54) is 31.4 Å². The Hall–Kier alpha value is -3.50. The van der Waals surface area contributed by atoms with Crippen LogP contribution in [0.1, 0.15) is 58.2 Å². The first-order valence-corrected chi connectivity index (χ1v) is 12.1.